The molecule has 1 aromatic rings. The zero-order valence-corrected chi connectivity index (χ0v) is 14.7. The lowest BCUT2D eigenvalue weighted by molar-refractivity contribution is -0.0471. The summed E-state index contributed by atoms with van der Waals surface area (Å²) < 4.78 is 34.2. The Morgan fingerprint density at radius 3 is 2.33 bits per heavy atom. The molecule has 1 atom stereocenters. The number of benzene rings is 1. The average molecular weight is 364 g/mol. The predicted molar refractivity (Wildman–Crippen MR) is 85.5 cm³/mol. The monoisotopic (exact) mass is 363 g/mol. The van der Waals surface area contributed by atoms with Crippen LogP contribution in [0, 0.1) is 11.6 Å². The molecule has 0 aromatic heterocycles. The molecule has 5 heteroatoms. The summed E-state index contributed by atoms with van der Waals surface area (Å²) in [6, 6.07) is 2.53. The van der Waals surface area contributed by atoms with E-state index in [9.17, 15) is 8.78 Å². The third-order valence-electron chi connectivity index (χ3n) is 4.24. The van der Waals surface area contributed by atoms with Crippen molar-refractivity contribution in [1.82, 2.24) is 5.32 Å². The van der Waals surface area contributed by atoms with E-state index in [2.05, 4.69) is 21.2 Å². The first-order valence-electron chi connectivity index (χ1n) is 7.36. The van der Waals surface area contributed by atoms with E-state index in [1.807, 2.05) is 20.8 Å². The fourth-order valence-corrected chi connectivity index (χ4v) is 3.20. The number of hydrogen-bond acceptors (Lipinski definition) is 2. The highest BCUT2D eigenvalue weighted by Gasteiger charge is 2.36. The summed E-state index contributed by atoms with van der Waals surface area (Å²) in [7, 11) is 1.66. The minimum Gasteiger partial charge on any atom is -0.377 e. The summed E-state index contributed by atoms with van der Waals surface area (Å²) in [6.45, 7) is 6.76. The van der Waals surface area contributed by atoms with Crippen molar-refractivity contribution in [3.8, 4) is 0 Å². The van der Waals surface area contributed by atoms with Gasteiger partial charge in [-0.05, 0) is 53.9 Å². The molecule has 0 fully saturated rings. The van der Waals surface area contributed by atoms with Crippen LogP contribution in [-0.4, -0.2) is 25.3 Å². The summed E-state index contributed by atoms with van der Waals surface area (Å²) in [5, 5.41) is 3.33. The lowest BCUT2D eigenvalue weighted by Gasteiger charge is -2.39. The van der Waals surface area contributed by atoms with Gasteiger partial charge in [0.25, 0.3) is 0 Å². The summed E-state index contributed by atoms with van der Waals surface area (Å²) in [4.78, 5) is 0. The second-order valence-electron chi connectivity index (χ2n) is 5.11. The molecule has 0 heterocycles. The number of hydrogen-bond donors (Lipinski definition) is 1. The minimum atomic E-state index is -0.532. The van der Waals surface area contributed by atoms with E-state index in [0.717, 1.165) is 12.8 Å². The molecule has 0 radical (unpaired) electrons. The zero-order chi connectivity index (χ0) is 16.0. The Morgan fingerprint density at radius 1 is 1.24 bits per heavy atom. The van der Waals surface area contributed by atoms with Crippen LogP contribution in [0.4, 0.5) is 8.78 Å². The van der Waals surface area contributed by atoms with Gasteiger partial charge in [-0.1, -0.05) is 20.8 Å². The van der Waals surface area contributed by atoms with Crippen LogP contribution in [-0.2, 0) is 11.2 Å². The highest BCUT2D eigenvalue weighted by Crippen LogP contribution is 2.29. The molecule has 0 saturated carbocycles. The van der Waals surface area contributed by atoms with Gasteiger partial charge in [0.1, 0.15) is 11.6 Å². The molecule has 0 amide bonds. The molecule has 120 valence electrons. The van der Waals surface area contributed by atoms with Crippen molar-refractivity contribution in [1.29, 1.82) is 0 Å². The van der Waals surface area contributed by atoms with E-state index in [4.69, 9.17) is 4.74 Å². The Kier molecular flexibility index (Phi) is 7.24. The van der Waals surface area contributed by atoms with Crippen LogP contribution in [0.3, 0.4) is 0 Å². The van der Waals surface area contributed by atoms with Gasteiger partial charge in [-0.15, -0.1) is 0 Å². The fourth-order valence-electron chi connectivity index (χ4n) is 2.82. The van der Waals surface area contributed by atoms with Crippen LogP contribution >= 0.6 is 15.9 Å². The number of ether oxygens (including phenoxy) is 1. The SMILES string of the molecule is CCNC(Cc1c(F)ccc(Br)c1F)C(CC)(CC)OC. The van der Waals surface area contributed by atoms with Gasteiger partial charge in [0, 0.05) is 18.7 Å². The Bertz CT molecular complexity index is 456. The van der Waals surface area contributed by atoms with Crippen LogP contribution in [0.15, 0.2) is 16.6 Å². The number of rotatable bonds is 8. The van der Waals surface area contributed by atoms with E-state index >= 15 is 0 Å². The van der Waals surface area contributed by atoms with Gasteiger partial charge in [0.15, 0.2) is 0 Å². The maximum Gasteiger partial charge on any atom is 0.143 e. The first-order chi connectivity index (χ1) is 9.95. The van der Waals surface area contributed by atoms with Crippen LogP contribution in [0.1, 0.15) is 39.2 Å². The van der Waals surface area contributed by atoms with Gasteiger partial charge in [0.05, 0.1) is 10.1 Å². The first kappa shape index (κ1) is 18.5. The zero-order valence-electron chi connectivity index (χ0n) is 13.1. The Labute approximate surface area is 134 Å². The Morgan fingerprint density at radius 2 is 1.86 bits per heavy atom. The smallest absolute Gasteiger partial charge is 0.143 e. The molecule has 0 aliphatic rings. The largest absolute Gasteiger partial charge is 0.377 e. The lowest BCUT2D eigenvalue weighted by atomic mass is 9.84. The number of halogens is 3. The van der Waals surface area contributed by atoms with E-state index < -0.39 is 17.2 Å². The van der Waals surface area contributed by atoms with Crippen LogP contribution < -0.4 is 5.32 Å². The maximum atomic E-state index is 14.2. The number of likely N-dealkylation sites (N-methyl/N-ethyl adjacent to an activating group) is 1. The number of methoxy groups -OCH3 is 1. The first-order valence-corrected chi connectivity index (χ1v) is 8.15. The summed E-state index contributed by atoms with van der Waals surface area (Å²) >= 11 is 3.12. The van der Waals surface area contributed by atoms with Crippen molar-refractivity contribution in [2.24, 2.45) is 0 Å². The molecular formula is C16H24BrF2NO. The molecule has 2 nitrogen and oxygen atoms in total. The molecule has 21 heavy (non-hydrogen) atoms. The lowest BCUT2D eigenvalue weighted by Crippen LogP contribution is -2.53. The van der Waals surface area contributed by atoms with Crippen LogP contribution in [0.25, 0.3) is 0 Å². The molecule has 0 aliphatic carbocycles. The summed E-state index contributed by atoms with van der Waals surface area (Å²) in [5.41, 5.74) is -0.337. The third-order valence-corrected chi connectivity index (χ3v) is 4.85. The molecule has 0 bridgehead atoms. The molecule has 0 aliphatic heterocycles. The molecule has 1 unspecified atom stereocenters. The Balaban J connectivity index is 3.17. The molecule has 1 aromatic carbocycles. The van der Waals surface area contributed by atoms with E-state index in [1.54, 1.807) is 7.11 Å². The van der Waals surface area contributed by atoms with E-state index in [-0.39, 0.29) is 22.5 Å². The van der Waals surface area contributed by atoms with E-state index in [1.165, 1.54) is 12.1 Å². The minimum absolute atomic E-state index is 0.0960. The Hall–Kier alpha value is -0.520. The van der Waals surface area contributed by atoms with Gasteiger partial charge in [-0.3, -0.25) is 0 Å². The van der Waals surface area contributed by atoms with Crippen molar-refractivity contribution in [3.63, 3.8) is 0 Å². The van der Waals surface area contributed by atoms with Crippen molar-refractivity contribution in [2.45, 2.75) is 51.7 Å². The third kappa shape index (κ3) is 4.02. The second-order valence-corrected chi connectivity index (χ2v) is 5.97. The van der Waals surface area contributed by atoms with Gasteiger partial charge in [-0.2, -0.15) is 0 Å². The van der Waals surface area contributed by atoms with Gasteiger partial charge in [-0.25, -0.2) is 8.78 Å². The quantitative estimate of drug-likeness (QED) is 0.688. The maximum absolute atomic E-state index is 14.2. The van der Waals surface area contributed by atoms with E-state index in [0.29, 0.717) is 6.54 Å². The molecule has 0 spiro atoms. The average Bonchev–Trinajstić information content (AvgIpc) is 2.49. The topological polar surface area (TPSA) is 21.3 Å². The number of nitrogens with one attached hydrogen (secondary N) is 1. The predicted octanol–water partition coefficient (Wildman–Crippen LogP) is 4.45. The highest BCUT2D eigenvalue weighted by atomic mass is 79.9. The molecule has 1 N–H and O–H groups in total. The second kappa shape index (κ2) is 8.20. The summed E-state index contributed by atoms with van der Waals surface area (Å²) in [6.07, 6.45) is 1.80. The van der Waals surface area contributed by atoms with Gasteiger partial charge >= 0.3 is 0 Å². The highest BCUT2D eigenvalue weighted by molar-refractivity contribution is 9.10. The van der Waals surface area contributed by atoms with Gasteiger partial charge < -0.3 is 10.1 Å². The molecule has 0 saturated heterocycles. The standard InChI is InChI=1S/C16H24BrF2NO/c1-5-16(6-2,21-4)14(20-7-3)10-11-13(18)9-8-12(17)15(11)19/h8-9,14,20H,5-7,10H2,1-4H3. The van der Waals surface area contributed by atoms with Gasteiger partial charge in [0.2, 0.25) is 0 Å². The molecule has 1 rings (SSSR count). The van der Waals surface area contributed by atoms with Crippen molar-refractivity contribution < 1.29 is 13.5 Å². The summed E-state index contributed by atoms with van der Waals surface area (Å²) in [5.74, 6) is -1.05. The van der Waals surface area contributed by atoms with Crippen molar-refractivity contribution in [3.05, 3.63) is 33.8 Å². The van der Waals surface area contributed by atoms with Crippen LogP contribution in [0.2, 0.25) is 0 Å². The van der Waals surface area contributed by atoms with Crippen molar-refractivity contribution >= 4 is 15.9 Å². The molecular weight excluding hydrogens is 340 g/mol. The normalized spacial score (nSPS) is 13.5. The van der Waals surface area contributed by atoms with Crippen molar-refractivity contribution in [2.75, 3.05) is 13.7 Å². The van der Waals surface area contributed by atoms with Crippen LogP contribution in [0.5, 0.6) is 0 Å². The fraction of sp³-hybridized carbons (Fsp3) is 0.625.